The second kappa shape index (κ2) is 15.4. The van der Waals surface area contributed by atoms with Crippen LogP contribution in [0, 0.1) is 10.1 Å². The summed E-state index contributed by atoms with van der Waals surface area (Å²) in [6.07, 6.45) is 0.580. The van der Waals surface area contributed by atoms with E-state index in [0.29, 0.717) is 12.0 Å². The van der Waals surface area contributed by atoms with Crippen molar-refractivity contribution in [1.82, 2.24) is 21.3 Å². The number of nitrogens with zero attached hydrogens (tertiary/aromatic N) is 2. The van der Waals surface area contributed by atoms with Gasteiger partial charge in [-0.3, -0.25) is 14.4 Å². The van der Waals surface area contributed by atoms with E-state index in [2.05, 4.69) is 26.4 Å². The first-order valence-corrected chi connectivity index (χ1v) is 13.0. The SMILES string of the molecule is CNC(=O)c1ccc(CNC(=O)[C@@H](CCCN/C(N)=N\[N+](=O)[O-])NC(=O)C(c2ccccc2)c2ccccc2)cc1. The van der Waals surface area contributed by atoms with Gasteiger partial charge in [0.2, 0.25) is 11.8 Å². The number of benzene rings is 3. The van der Waals surface area contributed by atoms with Gasteiger partial charge in [0.1, 0.15) is 11.1 Å². The summed E-state index contributed by atoms with van der Waals surface area (Å²) in [7, 11) is 1.55. The molecule has 0 bridgehead atoms. The number of nitrogens with one attached hydrogen (secondary N) is 4. The smallest absolute Gasteiger partial charge is 0.266 e. The van der Waals surface area contributed by atoms with E-state index < -0.39 is 22.9 Å². The van der Waals surface area contributed by atoms with E-state index in [-0.39, 0.29) is 37.3 Å². The third kappa shape index (κ3) is 9.46. The van der Waals surface area contributed by atoms with Crippen molar-refractivity contribution in [2.45, 2.75) is 31.3 Å². The number of nitro groups is 1. The second-order valence-electron chi connectivity index (χ2n) is 9.10. The highest BCUT2D eigenvalue weighted by molar-refractivity contribution is 5.94. The zero-order chi connectivity index (χ0) is 29.6. The molecule has 0 unspecified atom stereocenters. The summed E-state index contributed by atoms with van der Waals surface area (Å²) >= 11 is 0. The lowest BCUT2D eigenvalue weighted by molar-refractivity contribution is -0.485. The van der Waals surface area contributed by atoms with Crippen LogP contribution in [0.2, 0.25) is 0 Å². The van der Waals surface area contributed by atoms with Crippen LogP contribution in [0.3, 0.4) is 0 Å². The van der Waals surface area contributed by atoms with Gasteiger partial charge in [0.25, 0.3) is 11.9 Å². The number of hydrazone groups is 1. The van der Waals surface area contributed by atoms with Crippen molar-refractivity contribution in [1.29, 1.82) is 0 Å². The van der Waals surface area contributed by atoms with Crippen molar-refractivity contribution < 1.29 is 19.4 Å². The Balaban J connectivity index is 1.74. The van der Waals surface area contributed by atoms with E-state index in [4.69, 9.17) is 5.73 Å². The first-order valence-electron chi connectivity index (χ1n) is 13.0. The largest absolute Gasteiger partial charge is 0.365 e. The van der Waals surface area contributed by atoms with Gasteiger partial charge in [-0.25, -0.2) is 10.1 Å². The Morgan fingerprint density at radius 2 is 1.46 bits per heavy atom. The average molecular weight is 560 g/mol. The first-order chi connectivity index (χ1) is 19.8. The minimum atomic E-state index is -0.909. The fraction of sp³-hybridized carbons (Fsp3) is 0.241. The number of amides is 3. The van der Waals surface area contributed by atoms with E-state index in [1.54, 1.807) is 31.3 Å². The lowest BCUT2D eigenvalue weighted by Gasteiger charge is -2.23. The van der Waals surface area contributed by atoms with E-state index in [0.717, 1.165) is 16.7 Å². The standard InChI is InChI=1S/C29H33N7O5/c1-31-26(37)23-16-14-20(15-17-23)19-33-27(38)24(13-8-18-32-29(30)35-36(40)41)34-28(39)25(21-9-4-2-5-10-21)22-11-6-3-7-12-22/h2-7,9-12,14-17,24-25H,8,13,18-19H2,1H3,(H,31,37)(H,33,38)(H,34,39)(H3,30,32,35)/t24-/m1/s1. The molecule has 214 valence electrons. The van der Waals surface area contributed by atoms with Gasteiger partial charge in [0, 0.05) is 25.7 Å². The summed E-state index contributed by atoms with van der Waals surface area (Å²) in [6, 6.07) is 24.4. The summed E-state index contributed by atoms with van der Waals surface area (Å²) in [5.41, 5.74) is 8.29. The Kier molecular flexibility index (Phi) is 11.3. The number of rotatable bonds is 13. The topological polar surface area (TPSA) is 181 Å². The monoisotopic (exact) mass is 559 g/mol. The molecule has 3 amide bonds. The van der Waals surface area contributed by atoms with Crippen molar-refractivity contribution in [2.75, 3.05) is 13.6 Å². The maximum atomic E-state index is 13.7. The average Bonchev–Trinajstić information content (AvgIpc) is 2.98. The highest BCUT2D eigenvalue weighted by Crippen LogP contribution is 2.25. The van der Waals surface area contributed by atoms with Gasteiger partial charge < -0.3 is 27.0 Å². The Morgan fingerprint density at radius 3 is 2.00 bits per heavy atom. The van der Waals surface area contributed by atoms with Crippen LogP contribution in [-0.2, 0) is 16.1 Å². The molecule has 0 radical (unpaired) electrons. The van der Waals surface area contributed by atoms with Gasteiger partial charge in [-0.1, -0.05) is 72.8 Å². The van der Waals surface area contributed by atoms with Crippen molar-refractivity contribution in [2.24, 2.45) is 10.8 Å². The third-order valence-corrected chi connectivity index (χ3v) is 6.24. The molecule has 0 heterocycles. The van der Waals surface area contributed by atoms with Gasteiger partial charge in [0.15, 0.2) is 5.03 Å². The number of hydrogen-bond donors (Lipinski definition) is 5. The van der Waals surface area contributed by atoms with Gasteiger partial charge in [-0.15, -0.1) is 0 Å². The van der Waals surface area contributed by atoms with Crippen LogP contribution in [0.4, 0.5) is 0 Å². The molecule has 0 aliphatic heterocycles. The Morgan fingerprint density at radius 1 is 0.878 bits per heavy atom. The third-order valence-electron chi connectivity index (χ3n) is 6.24. The molecule has 6 N–H and O–H groups in total. The van der Waals surface area contributed by atoms with Gasteiger partial charge in [0.05, 0.1) is 5.92 Å². The summed E-state index contributed by atoms with van der Waals surface area (Å²) in [4.78, 5) is 49.2. The molecule has 3 aromatic carbocycles. The predicted octanol–water partition coefficient (Wildman–Crippen LogP) is 1.86. The van der Waals surface area contributed by atoms with Gasteiger partial charge in [-0.2, -0.15) is 0 Å². The van der Waals surface area contributed by atoms with Crippen LogP contribution < -0.4 is 27.0 Å². The molecule has 3 rings (SSSR count). The normalized spacial score (nSPS) is 11.8. The molecule has 0 aliphatic carbocycles. The predicted molar refractivity (Wildman–Crippen MR) is 154 cm³/mol. The molecule has 0 fully saturated rings. The maximum Gasteiger partial charge on any atom is 0.266 e. The van der Waals surface area contributed by atoms with Crippen LogP contribution in [0.1, 0.15) is 45.8 Å². The molecular formula is C29H33N7O5. The highest BCUT2D eigenvalue weighted by atomic mass is 16.7. The second-order valence-corrected chi connectivity index (χ2v) is 9.10. The summed E-state index contributed by atoms with van der Waals surface area (Å²) in [5.74, 6) is -1.97. The van der Waals surface area contributed by atoms with E-state index in [1.165, 1.54) is 0 Å². The summed E-state index contributed by atoms with van der Waals surface area (Å²) in [5, 5.41) is 23.5. The number of carbonyl (C=O) groups is 3. The molecule has 0 saturated carbocycles. The van der Waals surface area contributed by atoms with Crippen LogP contribution in [-0.4, -0.2) is 48.3 Å². The van der Waals surface area contributed by atoms with E-state index in [9.17, 15) is 24.5 Å². The molecule has 12 nitrogen and oxygen atoms in total. The zero-order valence-corrected chi connectivity index (χ0v) is 22.6. The minimum absolute atomic E-state index is 0.181. The molecule has 0 saturated heterocycles. The van der Waals surface area contributed by atoms with E-state index in [1.807, 2.05) is 60.7 Å². The van der Waals surface area contributed by atoms with E-state index >= 15 is 0 Å². The quantitative estimate of drug-likeness (QED) is 0.0696. The van der Waals surface area contributed by atoms with Crippen molar-refractivity contribution in [3.63, 3.8) is 0 Å². The number of guanidine groups is 1. The first kappa shape index (κ1) is 30.3. The number of carbonyl (C=O) groups excluding carboxylic acids is 3. The number of hydrogen-bond acceptors (Lipinski definition) is 5. The molecule has 0 spiro atoms. The number of nitrogens with two attached hydrogens (primary N) is 1. The summed E-state index contributed by atoms with van der Waals surface area (Å²) < 4.78 is 0. The van der Waals surface area contributed by atoms with Crippen LogP contribution >= 0.6 is 0 Å². The summed E-state index contributed by atoms with van der Waals surface area (Å²) in [6.45, 7) is 0.380. The van der Waals surface area contributed by atoms with Gasteiger partial charge >= 0.3 is 0 Å². The van der Waals surface area contributed by atoms with Gasteiger partial charge in [-0.05, 0) is 41.7 Å². The van der Waals surface area contributed by atoms with Crippen LogP contribution in [0.5, 0.6) is 0 Å². The molecule has 0 aromatic heterocycles. The molecular weight excluding hydrogens is 526 g/mol. The lowest BCUT2D eigenvalue weighted by Crippen LogP contribution is -2.48. The molecule has 1 atom stereocenters. The molecule has 12 heteroatoms. The Hall–Kier alpha value is -5.26. The zero-order valence-electron chi connectivity index (χ0n) is 22.6. The molecule has 41 heavy (non-hydrogen) atoms. The lowest BCUT2D eigenvalue weighted by atomic mass is 9.90. The Bertz CT molecular complexity index is 1310. The van der Waals surface area contributed by atoms with Crippen LogP contribution in [0.15, 0.2) is 90.0 Å². The minimum Gasteiger partial charge on any atom is -0.365 e. The maximum absolute atomic E-state index is 13.7. The highest BCUT2D eigenvalue weighted by Gasteiger charge is 2.27. The van der Waals surface area contributed by atoms with Crippen molar-refractivity contribution in [3.05, 3.63) is 117 Å². The fourth-order valence-corrected chi connectivity index (χ4v) is 4.19. The fourth-order valence-electron chi connectivity index (χ4n) is 4.19. The molecule has 0 aliphatic rings. The molecule has 3 aromatic rings. The van der Waals surface area contributed by atoms with Crippen molar-refractivity contribution >= 4 is 23.7 Å². The Labute approximate surface area is 237 Å². The van der Waals surface area contributed by atoms with Crippen molar-refractivity contribution in [3.8, 4) is 0 Å². The van der Waals surface area contributed by atoms with Crippen LogP contribution in [0.25, 0.3) is 0 Å².